The second-order valence-electron chi connectivity index (χ2n) is 7.98. The lowest BCUT2D eigenvalue weighted by atomic mass is 9.87. The molecule has 5 rings (SSSR count). The Morgan fingerprint density at radius 3 is 2.70 bits per heavy atom. The molecule has 154 valence electrons. The van der Waals surface area contributed by atoms with Gasteiger partial charge in [-0.2, -0.15) is 0 Å². The molecule has 0 bridgehead atoms. The Kier molecular flexibility index (Phi) is 4.79. The molecule has 5 nitrogen and oxygen atoms in total. The van der Waals surface area contributed by atoms with Crippen LogP contribution in [0.2, 0.25) is 5.02 Å². The maximum absolute atomic E-state index is 13.6. The van der Waals surface area contributed by atoms with E-state index >= 15 is 0 Å². The van der Waals surface area contributed by atoms with Gasteiger partial charge in [-0.05, 0) is 41.6 Å². The first-order valence-electron chi connectivity index (χ1n) is 10.2. The number of ketones is 1. The first-order chi connectivity index (χ1) is 14.5. The number of anilines is 1. The van der Waals surface area contributed by atoms with Gasteiger partial charge in [-0.3, -0.25) is 19.3 Å². The van der Waals surface area contributed by atoms with Crippen LogP contribution in [0.3, 0.4) is 0 Å². The molecule has 0 radical (unpaired) electrons. The Morgan fingerprint density at radius 1 is 1.17 bits per heavy atom. The minimum atomic E-state index is -0.702. The number of rotatable bonds is 5. The number of nitrogens with zero attached hydrogens (tertiary/aromatic N) is 2. The van der Waals surface area contributed by atoms with Crippen LogP contribution in [0, 0.1) is 11.8 Å². The minimum absolute atomic E-state index is 0.0998. The molecule has 1 aromatic heterocycles. The fourth-order valence-electron chi connectivity index (χ4n) is 5.01. The predicted octanol–water partition coefficient (Wildman–Crippen LogP) is 4.27. The maximum atomic E-state index is 13.6. The van der Waals surface area contributed by atoms with Crippen molar-refractivity contribution < 1.29 is 14.4 Å². The minimum Gasteiger partial charge on any atom is -0.352 e. The highest BCUT2D eigenvalue weighted by molar-refractivity contribution is 7.12. The van der Waals surface area contributed by atoms with Gasteiger partial charge in [0.15, 0.2) is 5.78 Å². The molecule has 3 aliphatic rings. The van der Waals surface area contributed by atoms with Crippen molar-refractivity contribution >= 4 is 52.3 Å². The number of Topliss-reactive ketones (excluding diaryl/α,β-unsaturated/α-hetero) is 1. The number of carbonyl (C=O) groups excluding carboxylic acids is 3. The molecule has 0 unspecified atom stereocenters. The third kappa shape index (κ3) is 2.77. The van der Waals surface area contributed by atoms with E-state index in [2.05, 4.69) is 0 Å². The fraction of sp³-hybridized carbons (Fsp3) is 0.348. The van der Waals surface area contributed by atoms with Crippen molar-refractivity contribution in [1.82, 2.24) is 4.90 Å². The summed E-state index contributed by atoms with van der Waals surface area (Å²) in [7, 11) is 0. The Morgan fingerprint density at radius 2 is 1.97 bits per heavy atom. The van der Waals surface area contributed by atoms with Gasteiger partial charge in [0.25, 0.3) is 0 Å². The van der Waals surface area contributed by atoms with Crippen LogP contribution in [0.15, 0.2) is 41.8 Å². The molecular weight excluding hydrogens is 420 g/mol. The van der Waals surface area contributed by atoms with E-state index in [0.717, 1.165) is 24.1 Å². The number of hydrogen-bond acceptors (Lipinski definition) is 5. The van der Waals surface area contributed by atoms with Crippen LogP contribution in [-0.4, -0.2) is 41.1 Å². The van der Waals surface area contributed by atoms with Gasteiger partial charge in [0.1, 0.15) is 6.04 Å². The van der Waals surface area contributed by atoms with Gasteiger partial charge in [0.2, 0.25) is 11.8 Å². The second-order valence-corrected chi connectivity index (χ2v) is 9.36. The fourth-order valence-corrected chi connectivity index (χ4v) is 5.89. The van der Waals surface area contributed by atoms with Gasteiger partial charge < -0.3 is 4.90 Å². The van der Waals surface area contributed by atoms with E-state index in [9.17, 15) is 14.4 Å². The van der Waals surface area contributed by atoms with E-state index in [1.807, 2.05) is 47.6 Å². The van der Waals surface area contributed by atoms with Crippen molar-refractivity contribution in [2.24, 2.45) is 11.8 Å². The summed E-state index contributed by atoms with van der Waals surface area (Å²) in [5.74, 6) is -1.68. The van der Waals surface area contributed by atoms with Crippen molar-refractivity contribution in [2.75, 3.05) is 11.4 Å². The van der Waals surface area contributed by atoms with Crippen molar-refractivity contribution in [3.05, 3.63) is 57.3 Å². The number of imide groups is 1. The molecule has 30 heavy (non-hydrogen) atoms. The van der Waals surface area contributed by atoms with Gasteiger partial charge in [0.05, 0.1) is 22.8 Å². The lowest BCUT2D eigenvalue weighted by molar-refractivity contribution is -0.140. The summed E-state index contributed by atoms with van der Waals surface area (Å²) < 4.78 is 0. The van der Waals surface area contributed by atoms with Crippen LogP contribution in [0.25, 0.3) is 6.08 Å². The predicted molar refractivity (Wildman–Crippen MR) is 118 cm³/mol. The summed E-state index contributed by atoms with van der Waals surface area (Å²) >= 11 is 7.54. The second kappa shape index (κ2) is 7.36. The van der Waals surface area contributed by atoms with Crippen LogP contribution in [0.4, 0.5) is 5.69 Å². The smallest absolute Gasteiger partial charge is 0.235 e. The van der Waals surface area contributed by atoms with Crippen LogP contribution in [-0.2, 0) is 9.59 Å². The summed E-state index contributed by atoms with van der Waals surface area (Å²) in [6.07, 6.45) is 5.57. The van der Waals surface area contributed by atoms with Crippen LogP contribution in [0.5, 0.6) is 0 Å². The number of thiophene rings is 1. The van der Waals surface area contributed by atoms with Crippen molar-refractivity contribution in [3.8, 4) is 0 Å². The van der Waals surface area contributed by atoms with E-state index in [4.69, 9.17) is 11.6 Å². The molecular formula is C23H21ClN2O3S. The molecule has 0 aliphatic carbocycles. The summed E-state index contributed by atoms with van der Waals surface area (Å²) in [5.41, 5.74) is 1.74. The first-order valence-corrected chi connectivity index (χ1v) is 11.5. The van der Waals surface area contributed by atoms with E-state index in [1.54, 1.807) is 12.1 Å². The largest absolute Gasteiger partial charge is 0.352 e. The molecule has 0 saturated carbocycles. The standard InChI is InChI=1S/C23H21ClN2O3S/c1-2-3-10-25-22(28)18-16-8-6-13-12-14(24)7-9-15(13)26(16)20(19(18)23(25)29)21(27)17-5-4-11-30-17/h4-9,11-12,16,18-20H,2-3,10H2,1H3/t16-,18-,19+,20-/m0/s1. The molecule has 4 heterocycles. The molecule has 0 N–H and O–H groups in total. The Balaban J connectivity index is 1.63. The Labute approximate surface area is 183 Å². The lowest BCUT2D eigenvalue weighted by Gasteiger charge is -2.36. The Hall–Kier alpha value is -2.44. The maximum Gasteiger partial charge on any atom is 0.235 e. The summed E-state index contributed by atoms with van der Waals surface area (Å²) in [6, 6.07) is 8.12. The number of benzene rings is 1. The summed E-state index contributed by atoms with van der Waals surface area (Å²) in [5, 5.41) is 2.46. The number of halogens is 1. The Bertz CT molecular complexity index is 1060. The molecule has 1 aromatic carbocycles. The van der Waals surface area contributed by atoms with Gasteiger partial charge in [-0.15, -0.1) is 11.3 Å². The molecule has 4 atom stereocenters. The normalized spacial score (nSPS) is 26.7. The zero-order chi connectivity index (χ0) is 21.0. The number of unbranched alkanes of at least 4 members (excludes halogenated alkanes) is 1. The number of fused-ring (bicyclic) bond motifs is 5. The zero-order valence-electron chi connectivity index (χ0n) is 16.5. The van der Waals surface area contributed by atoms with Gasteiger partial charge in [0, 0.05) is 17.3 Å². The van der Waals surface area contributed by atoms with E-state index in [-0.39, 0.29) is 23.6 Å². The number of likely N-dealkylation sites (tertiary alicyclic amines) is 1. The highest BCUT2D eigenvalue weighted by Gasteiger charge is 2.63. The highest BCUT2D eigenvalue weighted by atomic mass is 35.5. The van der Waals surface area contributed by atoms with Crippen molar-refractivity contribution in [3.63, 3.8) is 0 Å². The molecule has 0 spiro atoms. The average Bonchev–Trinajstić information content (AvgIpc) is 3.43. The number of amides is 2. The zero-order valence-corrected chi connectivity index (χ0v) is 18.0. The van der Waals surface area contributed by atoms with Gasteiger partial charge in [-0.1, -0.05) is 43.2 Å². The first kappa shape index (κ1) is 19.5. The SMILES string of the molecule is CCCCN1C(=O)[C@@H]2[C@@H](C1=O)[C@@H]1C=Cc3cc(Cl)ccc3N1[C@@H]2C(=O)c1cccs1. The molecule has 2 aromatic rings. The topological polar surface area (TPSA) is 57.7 Å². The summed E-state index contributed by atoms with van der Waals surface area (Å²) in [4.78, 5) is 44.2. The molecule has 3 aliphatic heterocycles. The third-order valence-corrected chi connectivity index (χ3v) is 7.45. The number of hydrogen-bond donors (Lipinski definition) is 0. The lowest BCUT2D eigenvalue weighted by Crippen LogP contribution is -2.48. The van der Waals surface area contributed by atoms with Crippen molar-refractivity contribution in [1.29, 1.82) is 0 Å². The van der Waals surface area contributed by atoms with Gasteiger partial charge >= 0.3 is 0 Å². The van der Waals surface area contributed by atoms with Crippen LogP contribution in [0.1, 0.15) is 35.0 Å². The highest BCUT2D eigenvalue weighted by Crippen LogP contribution is 2.49. The quantitative estimate of drug-likeness (QED) is 0.514. The average molecular weight is 441 g/mol. The van der Waals surface area contributed by atoms with E-state index in [1.165, 1.54) is 16.2 Å². The van der Waals surface area contributed by atoms with E-state index in [0.29, 0.717) is 16.4 Å². The third-order valence-electron chi connectivity index (χ3n) is 6.33. The van der Waals surface area contributed by atoms with Crippen LogP contribution >= 0.6 is 22.9 Å². The van der Waals surface area contributed by atoms with Crippen molar-refractivity contribution in [2.45, 2.75) is 31.8 Å². The monoisotopic (exact) mass is 440 g/mol. The molecule has 7 heteroatoms. The number of carbonyl (C=O) groups is 3. The van der Waals surface area contributed by atoms with Crippen LogP contribution < -0.4 is 4.90 Å². The molecule has 2 amide bonds. The molecule has 2 saturated heterocycles. The van der Waals surface area contributed by atoms with Gasteiger partial charge in [-0.25, -0.2) is 0 Å². The summed E-state index contributed by atoms with van der Waals surface area (Å²) in [6.45, 7) is 2.45. The van der Waals surface area contributed by atoms with E-state index < -0.39 is 17.9 Å². The molecule has 2 fully saturated rings.